The molecule has 5 rings (SSSR count). The number of nitrogens with zero attached hydrogens (tertiary/aromatic N) is 1. The molecule has 0 bridgehead atoms. The zero-order chi connectivity index (χ0) is 26.0. The number of rotatable bonds is 5. The van der Waals surface area contributed by atoms with Gasteiger partial charge in [0.15, 0.2) is 0 Å². The molecule has 0 saturated carbocycles. The van der Waals surface area contributed by atoms with Crippen LogP contribution in [-0.2, 0) is 16.5 Å². The standard InChI is InChI=1S/C32H25NO.2ClH.W/c1-23-12-11-19-27(32(23)34)22-33-31-29(25-15-7-3-8-16-25)20-28(24-13-5-2-6-14-24)21-30(31)26-17-9-4-10-18-26;;;/h2-22,34H,1H3;2*1H;/q;;;+2/p-2. The molecule has 0 unspecified atom stereocenters. The Bertz CT molecular complexity index is 1410. The summed E-state index contributed by atoms with van der Waals surface area (Å²) in [5.41, 5.74) is 8.97. The van der Waals surface area contributed by atoms with Crippen LogP contribution in [0, 0.1) is 6.92 Å². The van der Waals surface area contributed by atoms with Crippen LogP contribution in [0.2, 0.25) is 0 Å². The molecule has 0 amide bonds. The van der Waals surface area contributed by atoms with Gasteiger partial charge in [-0.3, -0.25) is 4.99 Å². The van der Waals surface area contributed by atoms with Crippen molar-refractivity contribution in [1.29, 1.82) is 0 Å². The Morgan fingerprint density at radius 3 is 1.57 bits per heavy atom. The van der Waals surface area contributed by atoms with E-state index in [1.54, 1.807) is 6.21 Å². The van der Waals surface area contributed by atoms with Crippen LogP contribution in [0.3, 0.4) is 0 Å². The van der Waals surface area contributed by atoms with E-state index < -0.39 is 16.5 Å². The molecule has 0 spiro atoms. The van der Waals surface area contributed by atoms with Gasteiger partial charge in [0, 0.05) is 22.9 Å². The molecular formula is C32H25Cl2NOW. The van der Waals surface area contributed by atoms with Crippen molar-refractivity contribution < 1.29 is 21.6 Å². The van der Waals surface area contributed by atoms with E-state index in [0.717, 1.165) is 44.6 Å². The van der Waals surface area contributed by atoms with Gasteiger partial charge < -0.3 is 5.11 Å². The van der Waals surface area contributed by atoms with E-state index >= 15 is 0 Å². The monoisotopic (exact) mass is 693 g/mol. The van der Waals surface area contributed by atoms with Crippen molar-refractivity contribution in [3.05, 3.63) is 132 Å². The summed E-state index contributed by atoms with van der Waals surface area (Å²) in [7, 11) is 9.86. The van der Waals surface area contributed by atoms with Crippen LogP contribution in [0.1, 0.15) is 11.1 Å². The fraction of sp³-hybridized carbons (Fsp3) is 0.0312. The van der Waals surface area contributed by atoms with Crippen LogP contribution in [0.5, 0.6) is 5.75 Å². The number of hydrogen-bond acceptors (Lipinski definition) is 2. The number of para-hydroxylation sites is 1. The Morgan fingerprint density at radius 1 is 0.622 bits per heavy atom. The van der Waals surface area contributed by atoms with Gasteiger partial charge in [0.05, 0.1) is 5.69 Å². The van der Waals surface area contributed by atoms with Crippen molar-refractivity contribution in [3.63, 3.8) is 0 Å². The quantitative estimate of drug-likeness (QED) is 0.183. The molecule has 0 aliphatic heterocycles. The summed E-state index contributed by atoms with van der Waals surface area (Å²) in [5.74, 6) is 0.259. The Labute approximate surface area is 234 Å². The van der Waals surface area contributed by atoms with Gasteiger partial charge in [-0.15, -0.1) is 0 Å². The number of aromatic hydroxyl groups is 1. The number of aryl methyl sites for hydroxylation is 1. The summed E-state index contributed by atoms with van der Waals surface area (Å²) in [6.45, 7) is 1.89. The predicted molar refractivity (Wildman–Crippen MR) is 155 cm³/mol. The maximum atomic E-state index is 10.5. The molecule has 0 aromatic heterocycles. The first-order valence-electron chi connectivity index (χ1n) is 11.7. The molecular weight excluding hydrogens is 669 g/mol. The van der Waals surface area contributed by atoms with Gasteiger partial charge in [-0.1, -0.05) is 103 Å². The van der Waals surface area contributed by atoms with Crippen LogP contribution in [0.4, 0.5) is 5.69 Å². The Morgan fingerprint density at radius 2 is 1.08 bits per heavy atom. The van der Waals surface area contributed by atoms with Crippen LogP contribution >= 0.6 is 18.8 Å². The number of hydrogen-bond donors (Lipinski definition) is 1. The number of phenols is 1. The molecule has 0 aliphatic rings. The average Bonchev–Trinajstić information content (AvgIpc) is 2.95. The second kappa shape index (κ2) is 13.4. The van der Waals surface area contributed by atoms with E-state index in [4.69, 9.17) is 23.8 Å². The topological polar surface area (TPSA) is 32.6 Å². The number of phenolic OH excluding ortho intramolecular Hbond substituents is 1. The van der Waals surface area contributed by atoms with Crippen molar-refractivity contribution in [3.8, 4) is 39.1 Å². The summed E-state index contributed by atoms with van der Waals surface area (Å²) in [5, 5.41) is 10.5. The third kappa shape index (κ3) is 6.79. The van der Waals surface area contributed by atoms with E-state index in [2.05, 4.69) is 60.7 Å². The second-order valence-corrected chi connectivity index (χ2v) is 12.6. The molecule has 0 aliphatic carbocycles. The molecule has 1 N–H and O–H groups in total. The van der Waals surface area contributed by atoms with Crippen LogP contribution in [0.25, 0.3) is 33.4 Å². The molecule has 37 heavy (non-hydrogen) atoms. The van der Waals surface area contributed by atoms with Crippen LogP contribution in [0.15, 0.2) is 126 Å². The fourth-order valence-electron chi connectivity index (χ4n) is 4.17. The third-order valence-corrected chi connectivity index (χ3v) is 5.99. The van der Waals surface area contributed by atoms with Gasteiger partial charge in [-0.2, -0.15) is 0 Å². The first kappa shape index (κ1) is 26.9. The van der Waals surface area contributed by atoms with Gasteiger partial charge >= 0.3 is 35.3 Å². The fourth-order valence-corrected chi connectivity index (χ4v) is 4.17. The first-order chi connectivity index (χ1) is 18.1. The van der Waals surface area contributed by atoms with Crippen LogP contribution in [-0.4, -0.2) is 11.3 Å². The second-order valence-electron chi connectivity index (χ2n) is 8.35. The zero-order valence-corrected chi connectivity index (χ0v) is 24.6. The van der Waals surface area contributed by atoms with Gasteiger partial charge in [-0.05, 0) is 52.9 Å². The van der Waals surface area contributed by atoms with Crippen molar-refractivity contribution in [2.45, 2.75) is 6.92 Å². The number of benzene rings is 5. The predicted octanol–water partition coefficient (Wildman–Crippen LogP) is 9.83. The molecule has 5 heteroatoms. The molecule has 5 aromatic carbocycles. The minimum absolute atomic E-state index is 0.259. The normalized spacial score (nSPS) is 10.7. The molecule has 0 radical (unpaired) electrons. The molecule has 5 aromatic rings. The van der Waals surface area contributed by atoms with E-state index in [0.29, 0.717) is 5.56 Å². The molecule has 0 atom stereocenters. The number of aliphatic imine (C=N–C) groups is 1. The molecule has 2 nitrogen and oxygen atoms in total. The van der Waals surface area contributed by atoms with E-state index in [9.17, 15) is 5.11 Å². The minimum atomic E-state index is -0.806. The van der Waals surface area contributed by atoms with Gasteiger partial charge in [0.1, 0.15) is 5.75 Å². The van der Waals surface area contributed by atoms with Gasteiger partial charge in [-0.25, -0.2) is 0 Å². The van der Waals surface area contributed by atoms with Gasteiger partial charge in [0.25, 0.3) is 0 Å². The van der Waals surface area contributed by atoms with Crippen molar-refractivity contribution >= 4 is 30.7 Å². The van der Waals surface area contributed by atoms with Gasteiger partial charge in [0.2, 0.25) is 0 Å². The zero-order valence-electron chi connectivity index (χ0n) is 20.2. The third-order valence-electron chi connectivity index (χ3n) is 5.99. The Hall–Kier alpha value is -3.16. The molecule has 0 saturated heterocycles. The van der Waals surface area contributed by atoms with Crippen molar-refractivity contribution in [2.24, 2.45) is 4.99 Å². The SMILES string of the molecule is Cc1cccc(C=Nc2c(-c3ccccc3)cc(-c3ccccc3)cc2-c2ccccc2)c1O.[Cl][W][Cl]. The van der Waals surface area contributed by atoms with E-state index in [1.165, 1.54) is 0 Å². The maximum absolute atomic E-state index is 10.5. The Balaban J connectivity index is 0.00000102. The average molecular weight is 694 g/mol. The van der Waals surface area contributed by atoms with Crippen molar-refractivity contribution in [1.82, 2.24) is 0 Å². The molecule has 0 heterocycles. The van der Waals surface area contributed by atoms with Crippen LogP contribution < -0.4 is 0 Å². The van der Waals surface area contributed by atoms with Crippen molar-refractivity contribution in [2.75, 3.05) is 0 Å². The van der Waals surface area contributed by atoms with E-state index in [-0.39, 0.29) is 5.75 Å². The summed E-state index contributed by atoms with van der Waals surface area (Å²) in [6.07, 6.45) is 1.76. The van der Waals surface area contributed by atoms with E-state index in [1.807, 2.05) is 67.6 Å². The summed E-state index contributed by atoms with van der Waals surface area (Å²) in [4.78, 5) is 4.98. The molecule has 184 valence electrons. The number of halogens is 2. The molecule has 0 fully saturated rings. The first-order valence-corrected chi connectivity index (χ1v) is 19.0. The Kier molecular flexibility index (Phi) is 9.74. The summed E-state index contributed by atoms with van der Waals surface area (Å²) >= 11 is -0.806. The summed E-state index contributed by atoms with van der Waals surface area (Å²) < 4.78 is 0. The summed E-state index contributed by atoms with van der Waals surface area (Å²) in [6, 6.07) is 41.2.